The van der Waals surface area contributed by atoms with Gasteiger partial charge in [0.05, 0.1) is 10.7 Å². The van der Waals surface area contributed by atoms with Crippen LogP contribution in [0.25, 0.3) is 0 Å². The molecule has 0 fully saturated rings. The summed E-state index contributed by atoms with van der Waals surface area (Å²) in [5.74, 6) is 0.805. The van der Waals surface area contributed by atoms with Crippen LogP contribution in [0, 0.1) is 14.9 Å². The van der Waals surface area contributed by atoms with E-state index in [1.807, 2.05) is 12.1 Å². The molecule has 112 valence electrons. The second kappa shape index (κ2) is 6.42. The van der Waals surface area contributed by atoms with Gasteiger partial charge in [-0.05, 0) is 58.7 Å². The van der Waals surface area contributed by atoms with Gasteiger partial charge in [-0.3, -0.25) is 0 Å². The lowest BCUT2D eigenvalue weighted by molar-refractivity contribution is 0.195. The third kappa shape index (κ3) is 2.79. The molecule has 0 amide bonds. The van der Waals surface area contributed by atoms with Gasteiger partial charge in [-0.25, -0.2) is 0 Å². The highest BCUT2D eigenvalue weighted by molar-refractivity contribution is 14.1. The van der Waals surface area contributed by atoms with E-state index in [0.717, 1.165) is 20.9 Å². The maximum absolute atomic E-state index is 9.09. The number of benzene rings is 1. The average molecular weight is 471 g/mol. The fourth-order valence-electron chi connectivity index (χ4n) is 2.60. The first-order valence-electron chi connectivity index (χ1n) is 6.72. The van der Waals surface area contributed by atoms with Crippen molar-refractivity contribution in [3.63, 3.8) is 0 Å². The Hall–Kier alpha value is -1.33. The molecule has 1 aromatic carbocycles. The van der Waals surface area contributed by atoms with Crippen molar-refractivity contribution < 1.29 is 9.47 Å². The number of pyridine rings is 1. The Morgan fingerprint density at radius 3 is 2.95 bits per heavy atom. The van der Waals surface area contributed by atoms with Crippen LogP contribution in [0.5, 0.6) is 11.8 Å². The lowest BCUT2D eigenvalue weighted by atomic mass is 10.1. The molecule has 4 nitrogen and oxygen atoms in total. The predicted octanol–water partition coefficient (Wildman–Crippen LogP) is 4.40. The van der Waals surface area contributed by atoms with Crippen LogP contribution in [0.4, 0.5) is 0 Å². The highest BCUT2D eigenvalue weighted by Crippen LogP contribution is 2.39. The van der Waals surface area contributed by atoms with Gasteiger partial charge in [-0.2, -0.15) is 10.2 Å². The summed E-state index contributed by atoms with van der Waals surface area (Å²) in [7, 11) is 1.50. The highest BCUT2D eigenvalue weighted by Gasteiger charge is 2.27. The summed E-state index contributed by atoms with van der Waals surface area (Å²) >= 11 is 5.72. The largest absolute Gasteiger partial charge is 0.480 e. The molecule has 2 aromatic rings. The van der Waals surface area contributed by atoms with E-state index in [9.17, 15) is 0 Å². The van der Waals surface area contributed by atoms with Crippen LogP contribution >= 0.6 is 38.5 Å². The highest BCUT2D eigenvalue weighted by atomic mass is 127. The molecule has 0 spiro atoms. The Kier molecular flexibility index (Phi) is 4.54. The van der Waals surface area contributed by atoms with E-state index < -0.39 is 0 Å². The molecule has 22 heavy (non-hydrogen) atoms. The SMILES string of the molecule is COc1nc(O[C@H]2CCc3c(Br)cccc32)c(I)cc1C#N. The van der Waals surface area contributed by atoms with Crippen molar-refractivity contribution in [1.82, 2.24) is 4.98 Å². The first-order chi connectivity index (χ1) is 10.6. The van der Waals surface area contributed by atoms with Gasteiger partial charge in [-0.15, -0.1) is 0 Å². The number of fused-ring (bicyclic) bond motifs is 1. The van der Waals surface area contributed by atoms with Crippen LogP contribution in [-0.4, -0.2) is 12.1 Å². The molecule has 1 aromatic heterocycles. The zero-order valence-corrected chi connectivity index (χ0v) is 15.5. The van der Waals surface area contributed by atoms with E-state index >= 15 is 0 Å². The minimum atomic E-state index is -0.0221. The fraction of sp³-hybridized carbons (Fsp3) is 0.250. The van der Waals surface area contributed by atoms with Crippen molar-refractivity contribution in [1.29, 1.82) is 5.26 Å². The van der Waals surface area contributed by atoms with Crippen molar-refractivity contribution in [2.45, 2.75) is 18.9 Å². The first-order valence-corrected chi connectivity index (χ1v) is 8.59. The standard InChI is InChI=1S/C16H12BrIN2O2/c1-21-15-9(8-19)7-13(18)16(20-15)22-14-6-5-10-11(14)3-2-4-12(10)17/h2-4,7,14H,5-6H2,1H3/t14-/m0/s1. The quantitative estimate of drug-likeness (QED) is 0.624. The molecule has 0 saturated heterocycles. The van der Waals surface area contributed by atoms with Crippen LogP contribution in [0.15, 0.2) is 28.7 Å². The number of halogens is 2. The number of nitriles is 1. The van der Waals surface area contributed by atoms with Crippen molar-refractivity contribution in [2.24, 2.45) is 0 Å². The summed E-state index contributed by atoms with van der Waals surface area (Å²) in [6.45, 7) is 0. The Bertz CT molecular complexity index is 773. The zero-order valence-electron chi connectivity index (χ0n) is 11.8. The summed E-state index contributed by atoms with van der Waals surface area (Å²) in [5.41, 5.74) is 2.90. The molecule has 0 bridgehead atoms. The van der Waals surface area contributed by atoms with Crippen molar-refractivity contribution in [3.05, 3.63) is 49.0 Å². The van der Waals surface area contributed by atoms with Gasteiger partial charge in [0.1, 0.15) is 17.7 Å². The molecule has 0 saturated carbocycles. The third-order valence-electron chi connectivity index (χ3n) is 3.64. The molecule has 3 rings (SSSR count). The Labute approximate surface area is 150 Å². The molecule has 1 aliphatic carbocycles. The van der Waals surface area contributed by atoms with E-state index in [2.05, 4.69) is 55.6 Å². The van der Waals surface area contributed by atoms with Crippen molar-refractivity contribution >= 4 is 38.5 Å². The number of rotatable bonds is 3. The molecule has 0 radical (unpaired) electrons. The zero-order chi connectivity index (χ0) is 15.7. The predicted molar refractivity (Wildman–Crippen MR) is 94.1 cm³/mol. The molecule has 1 heterocycles. The third-order valence-corrected chi connectivity index (χ3v) is 5.15. The van der Waals surface area contributed by atoms with Crippen LogP contribution in [0.2, 0.25) is 0 Å². The van der Waals surface area contributed by atoms with E-state index in [1.54, 1.807) is 6.07 Å². The lowest BCUT2D eigenvalue weighted by Gasteiger charge is -2.16. The molecule has 1 atom stereocenters. The number of nitrogens with zero attached hydrogens (tertiary/aromatic N) is 2. The Morgan fingerprint density at radius 1 is 1.41 bits per heavy atom. The monoisotopic (exact) mass is 470 g/mol. The fourth-order valence-corrected chi connectivity index (χ4v) is 3.74. The normalized spacial score (nSPS) is 16.0. The van der Waals surface area contributed by atoms with Gasteiger partial charge in [0.2, 0.25) is 11.8 Å². The molecular formula is C16H12BrIN2O2. The number of hydrogen-bond acceptors (Lipinski definition) is 4. The minimum Gasteiger partial charge on any atom is -0.480 e. The molecule has 0 N–H and O–H groups in total. The smallest absolute Gasteiger partial charge is 0.234 e. The maximum Gasteiger partial charge on any atom is 0.234 e. The van der Waals surface area contributed by atoms with Gasteiger partial charge in [0.25, 0.3) is 0 Å². The molecule has 0 unspecified atom stereocenters. The number of aromatic nitrogens is 1. The molecule has 6 heteroatoms. The van der Waals surface area contributed by atoms with Crippen LogP contribution in [0.1, 0.15) is 29.2 Å². The van der Waals surface area contributed by atoms with E-state index in [-0.39, 0.29) is 6.10 Å². The van der Waals surface area contributed by atoms with Gasteiger partial charge >= 0.3 is 0 Å². The van der Waals surface area contributed by atoms with E-state index in [4.69, 9.17) is 14.7 Å². The molecular weight excluding hydrogens is 459 g/mol. The Balaban J connectivity index is 1.93. The average Bonchev–Trinajstić information content (AvgIpc) is 2.93. The molecule has 1 aliphatic rings. The maximum atomic E-state index is 9.09. The summed E-state index contributed by atoms with van der Waals surface area (Å²) in [5, 5.41) is 9.09. The summed E-state index contributed by atoms with van der Waals surface area (Å²) in [6, 6.07) is 9.97. The van der Waals surface area contributed by atoms with Gasteiger partial charge in [0.15, 0.2) is 0 Å². The van der Waals surface area contributed by atoms with Gasteiger partial charge in [0, 0.05) is 4.47 Å². The topological polar surface area (TPSA) is 55.1 Å². The lowest BCUT2D eigenvalue weighted by Crippen LogP contribution is -2.07. The summed E-state index contributed by atoms with van der Waals surface area (Å²) in [4.78, 5) is 4.33. The van der Waals surface area contributed by atoms with Crippen LogP contribution in [-0.2, 0) is 6.42 Å². The summed E-state index contributed by atoms with van der Waals surface area (Å²) < 4.78 is 13.2. The Morgan fingerprint density at radius 2 is 2.23 bits per heavy atom. The van der Waals surface area contributed by atoms with Gasteiger partial charge in [-0.1, -0.05) is 28.1 Å². The number of ether oxygens (including phenoxy) is 2. The van der Waals surface area contributed by atoms with Gasteiger partial charge < -0.3 is 9.47 Å². The van der Waals surface area contributed by atoms with Crippen molar-refractivity contribution in [2.75, 3.05) is 7.11 Å². The second-order valence-electron chi connectivity index (χ2n) is 4.90. The van der Waals surface area contributed by atoms with Crippen molar-refractivity contribution in [3.8, 4) is 17.8 Å². The first kappa shape index (κ1) is 15.6. The minimum absolute atomic E-state index is 0.0221. The molecule has 0 aliphatic heterocycles. The van der Waals surface area contributed by atoms with E-state index in [0.29, 0.717) is 17.3 Å². The number of methoxy groups -OCH3 is 1. The van der Waals surface area contributed by atoms with Crippen LogP contribution in [0.3, 0.4) is 0 Å². The number of hydrogen-bond donors (Lipinski definition) is 0. The summed E-state index contributed by atoms with van der Waals surface area (Å²) in [6.07, 6.45) is 1.87. The second-order valence-corrected chi connectivity index (χ2v) is 6.91. The van der Waals surface area contributed by atoms with Crippen LogP contribution < -0.4 is 9.47 Å². The van der Waals surface area contributed by atoms with E-state index in [1.165, 1.54) is 18.2 Å².